The van der Waals surface area contributed by atoms with E-state index in [1.54, 1.807) is 6.92 Å². The minimum atomic E-state index is -0.530. The monoisotopic (exact) mass is 420 g/mol. The van der Waals surface area contributed by atoms with Crippen LogP contribution in [-0.4, -0.2) is 37.8 Å². The van der Waals surface area contributed by atoms with Gasteiger partial charge in [0.2, 0.25) is 0 Å². The zero-order valence-corrected chi connectivity index (χ0v) is 17.8. The molecule has 0 aliphatic rings. The number of aryl methyl sites for hydroxylation is 1. The van der Waals surface area contributed by atoms with Gasteiger partial charge in [0, 0.05) is 6.54 Å². The van der Waals surface area contributed by atoms with Gasteiger partial charge in [0.25, 0.3) is 0 Å². The van der Waals surface area contributed by atoms with E-state index in [0.717, 1.165) is 30.6 Å². The highest BCUT2D eigenvalue weighted by atomic mass is 32.1. The molecule has 1 heterocycles. The molecule has 0 saturated heterocycles. The Morgan fingerprint density at radius 3 is 2.39 bits per heavy atom. The summed E-state index contributed by atoms with van der Waals surface area (Å²) in [5.74, 6) is -1.03. The van der Waals surface area contributed by atoms with Gasteiger partial charge in [-0.3, -0.25) is 0 Å². The first-order valence-electron chi connectivity index (χ1n) is 8.86. The molecular weight excluding hydrogens is 396 g/mol. The Hall–Kier alpha value is -2.45. The summed E-state index contributed by atoms with van der Waals surface area (Å²) in [6.45, 7) is 2.39. The van der Waals surface area contributed by atoms with Crippen molar-refractivity contribution in [1.29, 1.82) is 0 Å². The Kier molecular flexibility index (Phi) is 8.41. The zero-order chi connectivity index (χ0) is 20.5. The molecule has 2 rings (SSSR count). The van der Waals surface area contributed by atoms with Gasteiger partial charge in [-0.25, -0.2) is 9.59 Å². The first-order valence-corrected chi connectivity index (χ1v) is 10.1. The highest BCUT2D eigenvalue weighted by Gasteiger charge is 2.26. The second-order valence-electron chi connectivity index (χ2n) is 6.07. The summed E-state index contributed by atoms with van der Waals surface area (Å²) in [6, 6.07) is 10.3. The minimum absolute atomic E-state index is 0.293. The summed E-state index contributed by atoms with van der Waals surface area (Å²) in [7, 11) is 2.60. The Morgan fingerprint density at radius 1 is 1.07 bits per heavy atom. The molecule has 8 heteroatoms. The lowest BCUT2D eigenvalue weighted by Crippen LogP contribution is -2.29. The summed E-state index contributed by atoms with van der Waals surface area (Å²) in [6.07, 6.45) is 3.01. The average molecular weight is 421 g/mol. The summed E-state index contributed by atoms with van der Waals surface area (Å²) in [4.78, 5) is 24.4. The Bertz CT molecular complexity index is 834. The number of rotatable bonds is 8. The van der Waals surface area contributed by atoms with E-state index in [2.05, 4.69) is 22.8 Å². The molecule has 28 heavy (non-hydrogen) atoms. The van der Waals surface area contributed by atoms with E-state index < -0.39 is 11.9 Å². The number of carbonyl (C=O) groups excluding carboxylic acids is 2. The fourth-order valence-electron chi connectivity index (χ4n) is 2.68. The fraction of sp³-hybridized carbons (Fsp3) is 0.350. The van der Waals surface area contributed by atoms with Crippen LogP contribution in [0, 0.1) is 6.92 Å². The number of hydrogen-bond acceptors (Lipinski definition) is 6. The lowest BCUT2D eigenvalue weighted by molar-refractivity contribution is 0.0601. The molecule has 6 nitrogen and oxygen atoms in total. The van der Waals surface area contributed by atoms with Gasteiger partial charge in [0.05, 0.1) is 19.8 Å². The normalized spacial score (nSPS) is 10.2. The molecule has 2 aromatic rings. The van der Waals surface area contributed by atoms with Crippen LogP contribution in [0.3, 0.4) is 0 Å². The van der Waals surface area contributed by atoms with E-state index in [1.165, 1.54) is 19.8 Å². The van der Waals surface area contributed by atoms with Crippen LogP contribution in [0.2, 0.25) is 0 Å². The molecule has 2 N–H and O–H groups in total. The van der Waals surface area contributed by atoms with Gasteiger partial charge in [0.1, 0.15) is 9.88 Å². The van der Waals surface area contributed by atoms with Crippen LogP contribution in [-0.2, 0) is 15.9 Å². The topological polar surface area (TPSA) is 76.7 Å². The fourth-order valence-corrected chi connectivity index (χ4v) is 4.07. The Labute approximate surface area is 174 Å². The number of thiophene rings is 1. The van der Waals surface area contributed by atoms with E-state index >= 15 is 0 Å². The van der Waals surface area contributed by atoms with Crippen LogP contribution in [0.1, 0.15) is 44.0 Å². The number of unbranched alkanes of at least 4 members (excludes halogenated alkanes) is 1. The van der Waals surface area contributed by atoms with Crippen molar-refractivity contribution >= 4 is 45.6 Å². The zero-order valence-electron chi connectivity index (χ0n) is 16.2. The first kappa shape index (κ1) is 21.8. The van der Waals surface area contributed by atoms with Crippen LogP contribution in [0.4, 0.5) is 5.00 Å². The summed E-state index contributed by atoms with van der Waals surface area (Å²) >= 11 is 6.44. The second-order valence-corrected chi connectivity index (χ2v) is 7.50. The number of carbonyl (C=O) groups is 2. The number of ether oxygens (including phenoxy) is 2. The van der Waals surface area contributed by atoms with Crippen LogP contribution in [0.5, 0.6) is 0 Å². The van der Waals surface area contributed by atoms with Crippen molar-refractivity contribution < 1.29 is 19.1 Å². The SMILES string of the molecule is COC(=O)c1sc(NC(=S)NCCCCc2ccccc2)c(C(=O)OC)c1C. The number of esters is 2. The predicted molar refractivity (Wildman–Crippen MR) is 115 cm³/mol. The molecule has 0 radical (unpaired) electrons. The highest BCUT2D eigenvalue weighted by molar-refractivity contribution is 7.80. The molecular formula is C20H24N2O4S2. The molecule has 1 aromatic carbocycles. The van der Waals surface area contributed by atoms with Gasteiger partial charge in [0.15, 0.2) is 5.11 Å². The van der Waals surface area contributed by atoms with Crippen LogP contribution in [0.15, 0.2) is 30.3 Å². The van der Waals surface area contributed by atoms with Gasteiger partial charge in [-0.1, -0.05) is 30.3 Å². The molecule has 0 bridgehead atoms. The number of thiocarbonyl (C=S) groups is 1. The summed E-state index contributed by atoms with van der Waals surface area (Å²) in [5.41, 5.74) is 2.12. The quantitative estimate of drug-likeness (QED) is 0.380. The number of hydrogen-bond donors (Lipinski definition) is 2. The number of methoxy groups -OCH3 is 2. The molecule has 0 amide bonds. The van der Waals surface area contributed by atoms with Crippen molar-refractivity contribution in [2.24, 2.45) is 0 Å². The first-order chi connectivity index (χ1) is 13.5. The molecule has 0 fully saturated rings. The van der Waals surface area contributed by atoms with Gasteiger partial charge in [-0.2, -0.15) is 0 Å². The lowest BCUT2D eigenvalue weighted by atomic mass is 10.1. The molecule has 0 spiro atoms. The third kappa shape index (κ3) is 5.77. The molecule has 0 aliphatic heterocycles. The van der Waals surface area contributed by atoms with Crippen molar-refractivity contribution in [1.82, 2.24) is 5.32 Å². The van der Waals surface area contributed by atoms with Gasteiger partial charge in [-0.15, -0.1) is 11.3 Å². The Balaban J connectivity index is 1.91. The van der Waals surface area contributed by atoms with Gasteiger partial charge < -0.3 is 20.1 Å². The maximum absolute atomic E-state index is 12.1. The Morgan fingerprint density at radius 2 is 1.75 bits per heavy atom. The number of benzene rings is 1. The van der Waals surface area contributed by atoms with Crippen molar-refractivity contribution in [3.05, 3.63) is 51.9 Å². The van der Waals surface area contributed by atoms with E-state index in [-0.39, 0.29) is 0 Å². The second kappa shape index (κ2) is 10.8. The van der Waals surface area contributed by atoms with E-state index in [9.17, 15) is 9.59 Å². The molecule has 0 atom stereocenters. The van der Waals surface area contributed by atoms with E-state index in [4.69, 9.17) is 21.7 Å². The van der Waals surface area contributed by atoms with Gasteiger partial charge in [-0.05, 0) is 49.5 Å². The van der Waals surface area contributed by atoms with E-state index in [0.29, 0.717) is 32.7 Å². The smallest absolute Gasteiger partial charge is 0.348 e. The standard InChI is InChI=1S/C20H24N2O4S2/c1-13-15(18(23)25-2)17(28-16(13)19(24)26-3)22-20(27)21-12-8-7-11-14-9-5-4-6-10-14/h4-6,9-10H,7-8,11-12H2,1-3H3,(H2,21,22,27). The van der Waals surface area contributed by atoms with Crippen molar-refractivity contribution in [3.8, 4) is 0 Å². The average Bonchev–Trinajstić information content (AvgIpc) is 3.03. The molecule has 0 unspecified atom stereocenters. The van der Waals surface area contributed by atoms with Crippen molar-refractivity contribution in [2.75, 3.05) is 26.1 Å². The molecule has 0 aliphatic carbocycles. The van der Waals surface area contributed by atoms with Crippen LogP contribution >= 0.6 is 23.6 Å². The predicted octanol–water partition coefficient (Wildman–Crippen LogP) is 3.94. The largest absolute Gasteiger partial charge is 0.465 e. The minimum Gasteiger partial charge on any atom is -0.465 e. The van der Waals surface area contributed by atoms with Gasteiger partial charge >= 0.3 is 11.9 Å². The van der Waals surface area contributed by atoms with Crippen LogP contribution in [0.25, 0.3) is 0 Å². The molecule has 1 aromatic heterocycles. The molecule has 0 saturated carbocycles. The maximum Gasteiger partial charge on any atom is 0.348 e. The third-order valence-electron chi connectivity index (χ3n) is 4.15. The summed E-state index contributed by atoms with van der Waals surface area (Å²) in [5, 5.41) is 6.99. The van der Waals surface area contributed by atoms with Crippen molar-refractivity contribution in [2.45, 2.75) is 26.2 Å². The number of nitrogens with one attached hydrogen (secondary N) is 2. The third-order valence-corrected chi connectivity index (χ3v) is 5.59. The van der Waals surface area contributed by atoms with Crippen molar-refractivity contribution in [3.63, 3.8) is 0 Å². The molecule has 150 valence electrons. The number of anilines is 1. The van der Waals surface area contributed by atoms with Crippen LogP contribution < -0.4 is 10.6 Å². The maximum atomic E-state index is 12.1. The van der Waals surface area contributed by atoms with E-state index in [1.807, 2.05) is 18.2 Å². The highest BCUT2D eigenvalue weighted by Crippen LogP contribution is 2.34. The summed E-state index contributed by atoms with van der Waals surface area (Å²) < 4.78 is 9.61. The lowest BCUT2D eigenvalue weighted by Gasteiger charge is -2.10.